The summed E-state index contributed by atoms with van der Waals surface area (Å²) in [5.41, 5.74) is 2.09. The lowest BCUT2D eigenvalue weighted by molar-refractivity contribution is -0.148. The molecule has 0 bridgehead atoms. The van der Waals surface area contributed by atoms with E-state index in [-0.39, 0.29) is 30.8 Å². The molecule has 0 aromatic heterocycles. The third-order valence-corrected chi connectivity index (χ3v) is 3.54. The molecular weight excluding hydrogens is 290 g/mol. The highest BCUT2D eigenvalue weighted by molar-refractivity contribution is 5.80. The summed E-state index contributed by atoms with van der Waals surface area (Å²) in [7, 11) is 0. The number of esters is 1. The van der Waals surface area contributed by atoms with Crippen LogP contribution < -0.4 is 5.32 Å². The number of carbonyl (C=O) groups excluding carboxylic acids is 2. The van der Waals surface area contributed by atoms with E-state index in [1.54, 1.807) is 0 Å². The molecule has 120 valence electrons. The van der Waals surface area contributed by atoms with Gasteiger partial charge in [-0.25, -0.2) is 0 Å². The van der Waals surface area contributed by atoms with Crippen molar-refractivity contribution in [1.82, 2.24) is 5.32 Å². The van der Waals surface area contributed by atoms with Crippen molar-refractivity contribution in [3.8, 4) is 0 Å². The van der Waals surface area contributed by atoms with Gasteiger partial charge in [0.25, 0.3) is 5.91 Å². The highest BCUT2D eigenvalue weighted by Crippen LogP contribution is 2.18. The van der Waals surface area contributed by atoms with Crippen molar-refractivity contribution in [1.29, 1.82) is 0 Å². The molecule has 2 aromatic rings. The molecule has 0 saturated carbocycles. The van der Waals surface area contributed by atoms with Crippen LogP contribution in [0, 0.1) is 0 Å². The molecule has 23 heavy (non-hydrogen) atoms. The van der Waals surface area contributed by atoms with Gasteiger partial charge in [0.05, 0.1) is 6.42 Å². The predicted octanol–water partition coefficient (Wildman–Crippen LogP) is 3.04. The average Bonchev–Trinajstić information content (AvgIpc) is 2.60. The molecular formula is C19H21NO3. The number of hydrogen-bond donors (Lipinski definition) is 1. The van der Waals surface area contributed by atoms with Gasteiger partial charge in [-0.2, -0.15) is 0 Å². The molecule has 2 aromatic carbocycles. The van der Waals surface area contributed by atoms with E-state index in [9.17, 15) is 9.59 Å². The second-order valence-corrected chi connectivity index (χ2v) is 5.44. The Bertz CT molecular complexity index is 626. The van der Waals surface area contributed by atoms with Gasteiger partial charge in [-0.15, -0.1) is 0 Å². The maximum absolute atomic E-state index is 11.8. The van der Waals surface area contributed by atoms with Crippen molar-refractivity contribution >= 4 is 11.9 Å². The molecule has 1 amide bonds. The van der Waals surface area contributed by atoms with Gasteiger partial charge in [0.2, 0.25) is 0 Å². The van der Waals surface area contributed by atoms with Crippen molar-refractivity contribution in [3.05, 3.63) is 71.8 Å². The van der Waals surface area contributed by atoms with E-state index in [0.29, 0.717) is 6.54 Å². The van der Waals surface area contributed by atoms with Crippen LogP contribution in [-0.4, -0.2) is 18.5 Å². The first-order chi connectivity index (χ1) is 11.1. The zero-order valence-electron chi connectivity index (χ0n) is 13.2. The van der Waals surface area contributed by atoms with Gasteiger partial charge in [0.15, 0.2) is 6.61 Å². The van der Waals surface area contributed by atoms with E-state index in [4.69, 9.17) is 4.74 Å². The molecule has 0 aliphatic carbocycles. The number of benzene rings is 2. The standard InChI is InChI=1S/C19H21NO3/c1-15(17-10-6-3-7-11-17)12-19(22)23-14-18(21)20-13-16-8-4-2-5-9-16/h2-11,15H,12-14H2,1H3,(H,20,21)/t15-/m1/s1. The summed E-state index contributed by atoms with van der Waals surface area (Å²) in [6, 6.07) is 19.4. The van der Waals surface area contributed by atoms with Crippen LogP contribution in [0.15, 0.2) is 60.7 Å². The van der Waals surface area contributed by atoms with Crippen molar-refractivity contribution in [2.45, 2.75) is 25.8 Å². The largest absolute Gasteiger partial charge is 0.456 e. The SMILES string of the molecule is C[C@H](CC(=O)OCC(=O)NCc1ccccc1)c1ccccc1. The highest BCUT2D eigenvalue weighted by atomic mass is 16.5. The summed E-state index contributed by atoms with van der Waals surface area (Å²) in [6.07, 6.45) is 0.260. The van der Waals surface area contributed by atoms with Crippen LogP contribution in [-0.2, 0) is 20.9 Å². The van der Waals surface area contributed by atoms with E-state index in [0.717, 1.165) is 11.1 Å². The second kappa shape index (κ2) is 8.73. The van der Waals surface area contributed by atoms with Crippen molar-refractivity contribution < 1.29 is 14.3 Å². The van der Waals surface area contributed by atoms with Gasteiger partial charge >= 0.3 is 5.97 Å². The summed E-state index contributed by atoms with van der Waals surface area (Å²) >= 11 is 0. The van der Waals surface area contributed by atoms with Crippen molar-refractivity contribution in [2.24, 2.45) is 0 Å². The summed E-state index contributed by atoms with van der Waals surface area (Å²) in [5, 5.41) is 2.72. The minimum Gasteiger partial charge on any atom is -0.456 e. The molecule has 0 spiro atoms. The van der Waals surface area contributed by atoms with E-state index >= 15 is 0 Å². The average molecular weight is 311 g/mol. The number of carbonyl (C=O) groups is 2. The van der Waals surface area contributed by atoms with Gasteiger partial charge in [0, 0.05) is 6.54 Å². The lowest BCUT2D eigenvalue weighted by Gasteiger charge is -2.11. The molecule has 0 aliphatic heterocycles. The molecule has 1 N–H and O–H groups in total. The molecule has 0 radical (unpaired) electrons. The Balaban J connectivity index is 1.68. The van der Waals surface area contributed by atoms with E-state index < -0.39 is 0 Å². The third kappa shape index (κ3) is 5.94. The topological polar surface area (TPSA) is 55.4 Å². The normalized spacial score (nSPS) is 11.5. The smallest absolute Gasteiger partial charge is 0.306 e. The van der Waals surface area contributed by atoms with E-state index in [1.807, 2.05) is 67.6 Å². The molecule has 1 atom stereocenters. The molecule has 0 heterocycles. The summed E-state index contributed by atoms with van der Waals surface area (Å²) in [5.74, 6) is -0.595. The fourth-order valence-corrected chi connectivity index (χ4v) is 2.20. The van der Waals surface area contributed by atoms with Crippen LogP contribution in [0.4, 0.5) is 0 Å². The van der Waals surface area contributed by atoms with Crippen LogP contribution in [0.5, 0.6) is 0 Å². The first-order valence-corrected chi connectivity index (χ1v) is 7.66. The Hall–Kier alpha value is -2.62. The monoisotopic (exact) mass is 311 g/mol. The zero-order valence-corrected chi connectivity index (χ0v) is 13.2. The van der Waals surface area contributed by atoms with E-state index in [1.165, 1.54) is 0 Å². The third-order valence-electron chi connectivity index (χ3n) is 3.54. The lowest BCUT2D eigenvalue weighted by atomic mass is 9.98. The number of hydrogen-bond acceptors (Lipinski definition) is 3. The van der Waals surface area contributed by atoms with Crippen molar-refractivity contribution in [3.63, 3.8) is 0 Å². The van der Waals surface area contributed by atoms with Crippen molar-refractivity contribution in [2.75, 3.05) is 6.61 Å². The summed E-state index contributed by atoms with van der Waals surface area (Å²) < 4.78 is 5.03. The van der Waals surface area contributed by atoms with Gasteiger partial charge < -0.3 is 10.1 Å². The minimum atomic E-state index is -0.365. The van der Waals surface area contributed by atoms with Crippen LogP contribution in [0.3, 0.4) is 0 Å². The first-order valence-electron chi connectivity index (χ1n) is 7.66. The number of rotatable bonds is 7. The van der Waals surface area contributed by atoms with Crippen LogP contribution in [0.2, 0.25) is 0 Å². The van der Waals surface area contributed by atoms with Gasteiger partial charge in [0.1, 0.15) is 0 Å². The Morgan fingerprint density at radius 2 is 1.61 bits per heavy atom. The fraction of sp³-hybridized carbons (Fsp3) is 0.263. The van der Waals surface area contributed by atoms with Crippen LogP contribution in [0.25, 0.3) is 0 Å². The minimum absolute atomic E-state index is 0.0658. The summed E-state index contributed by atoms with van der Waals surface area (Å²) in [6.45, 7) is 2.15. The van der Waals surface area contributed by atoms with Crippen LogP contribution >= 0.6 is 0 Å². The molecule has 2 rings (SSSR count). The van der Waals surface area contributed by atoms with Gasteiger partial charge in [-0.1, -0.05) is 67.6 Å². The number of nitrogens with one attached hydrogen (secondary N) is 1. The second-order valence-electron chi connectivity index (χ2n) is 5.44. The number of ether oxygens (including phenoxy) is 1. The first kappa shape index (κ1) is 16.7. The zero-order chi connectivity index (χ0) is 16.5. The lowest BCUT2D eigenvalue weighted by Crippen LogP contribution is -2.28. The van der Waals surface area contributed by atoms with Gasteiger partial charge in [-0.05, 0) is 17.0 Å². The predicted molar refractivity (Wildman–Crippen MR) is 88.7 cm³/mol. The fourth-order valence-electron chi connectivity index (χ4n) is 2.20. The number of amides is 1. The molecule has 0 unspecified atom stereocenters. The Morgan fingerprint density at radius 3 is 2.26 bits per heavy atom. The maximum atomic E-state index is 11.8. The Kier molecular flexibility index (Phi) is 6.36. The quantitative estimate of drug-likeness (QED) is 0.800. The maximum Gasteiger partial charge on any atom is 0.306 e. The van der Waals surface area contributed by atoms with E-state index in [2.05, 4.69) is 5.32 Å². The van der Waals surface area contributed by atoms with Gasteiger partial charge in [-0.3, -0.25) is 9.59 Å². The Morgan fingerprint density at radius 1 is 1.00 bits per heavy atom. The molecule has 0 aliphatic rings. The highest BCUT2D eigenvalue weighted by Gasteiger charge is 2.13. The molecule has 0 fully saturated rings. The summed E-state index contributed by atoms with van der Waals surface area (Å²) in [4.78, 5) is 23.5. The molecule has 4 heteroatoms. The molecule has 4 nitrogen and oxygen atoms in total. The molecule has 0 saturated heterocycles. The van der Waals surface area contributed by atoms with Crippen LogP contribution in [0.1, 0.15) is 30.4 Å². The Labute approximate surface area is 136 Å².